The van der Waals surface area contributed by atoms with E-state index in [-0.39, 0.29) is 12.7 Å². The van der Waals surface area contributed by atoms with Gasteiger partial charge in [-0.3, -0.25) is 9.29 Å². The highest BCUT2D eigenvalue weighted by Gasteiger charge is 2.22. The normalized spacial score (nSPS) is 16.9. The fourth-order valence-electron chi connectivity index (χ4n) is 3.07. The summed E-state index contributed by atoms with van der Waals surface area (Å²) in [5.74, 6) is 1.61. The van der Waals surface area contributed by atoms with Gasteiger partial charge in [-0.15, -0.1) is 0 Å². The largest absolute Gasteiger partial charge is 0.457 e. The summed E-state index contributed by atoms with van der Waals surface area (Å²) in [6, 6.07) is 17.9. The van der Waals surface area contributed by atoms with Gasteiger partial charge in [0.15, 0.2) is 0 Å². The van der Waals surface area contributed by atoms with Crippen molar-refractivity contribution in [2.75, 3.05) is 32.9 Å². The van der Waals surface area contributed by atoms with Crippen molar-refractivity contribution in [2.24, 2.45) is 0 Å². The van der Waals surface area contributed by atoms with Gasteiger partial charge >= 0.3 is 0 Å². The highest BCUT2D eigenvalue weighted by molar-refractivity contribution is 5.35. The van der Waals surface area contributed by atoms with E-state index in [1.54, 1.807) is 0 Å². The summed E-state index contributed by atoms with van der Waals surface area (Å²) in [5.41, 5.74) is 1.12. The minimum Gasteiger partial charge on any atom is -0.457 e. The lowest BCUT2D eigenvalue weighted by Crippen LogP contribution is -2.45. The van der Waals surface area contributed by atoms with E-state index in [4.69, 9.17) is 4.74 Å². The van der Waals surface area contributed by atoms with Gasteiger partial charge in [0.05, 0.1) is 6.67 Å². The number of alkyl halides is 1. The first kappa shape index (κ1) is 16.0. The van der Waals surface area contributed by atoms with E-state index in [0.717, 1.165) is 43.2 Å². The first-order valence-corrected chi connectivity index (χ1v) is 8.20. The van der Waals surface area contributed by atoms with Crippen LogP contribution in [0.2, 0.25) is 0 Å². The van der Waals surface area contributed by atoms with Crippen LogP contribution in [-0.4, -0.2) is 37.8 Å². The molecule has 4 heteroatoms. The SMILES string of the molecule is FCC[C@H](c1cccc(Oc2ccccc2)c1)N1CCNCC1. The highest BCUT2D eigenvalue weighted by Crippen LogP contribution is 2.29. The molecule has 1 heterocycles. The molecule has 1 aliphatic heterocycles. The van der Waals surface area contributed by atoms with Crippen LogP contribution in [0.5, 0.6) is 11.5 Å². The molecule has 0 radical (unpaired) electrons. The van der Waals surface area contributed by atoms with Crippen molar-refractivity contribution in [3.63, 3.8) is 0 Å². The number of hydrogen-bond acceptors (Lipinski definition) is 3. The van der Waals surface area contributed by atoms with Gasteiger partial charge in [-0.25, -0.2) is 0 Å². The fourth-order valence-corrected chi connectivity index (χ4v) is 3.07. The number of nitrogens with one attached hydrogen (secondary N) is 1. The molecule has 0 saturated carbocycles. The topological polar surface area (TPSA) is 24.5 Å². The molecule has 2 aromatic carbocycles. The third-order valence-electron chi connectivity index (χ3n) is 4.20. The summed E-state index contributed by atoms with van der Waals surface area (Å²) in [6.45, 7) is 3.52. The Labute approximate surface area is 137 Å². The molecule has 0 aromatic heterocycles. The number of hydrogen-bond donors (Lipinski definition) is 1. The summed E-state index contributed by atoms with van der Waals surface area (Å²) in [6.07, 6.45) is 0.523. The van der Waals surface area contributed by atoms with E-state index < -0.39 is 0 Å². The molecule has 23 heavy (non-hydrogen) atoms. The molecule has 1 N–H and O–H groups in total. The summed E-state index contributed by atoms with van der Waals surface area (Å²) in [5, 5.41) is 3.35. The third kappa shape index (κ3) is 4.30. The van der Waals surface area contributed by atoms with Crippen molar-refractivity contribution in [2.45, 2.75) is 12.5 Å². The van der Waals surface area contributed by atoms with Crippen LogP contribution in [0.1, 0.15) is 18.0 Å². The van der Waals surface area contributed by atoms with Crippen molar-refractivity contribution >= 4 is 0 Å². The smallest absolute Gasteiger partial charge is 0.127 e. The van der Waals surface area contributed by atoms with E-state index in [1.807, 2.05) is 48.5 Å². The van der Waals surface area contributed by atoms with Crippen molar-refractivity contribution < 1.29 is 9.13 Å². The molecule has 0 bridgehead atoms. The Balaban J connectivity index is 1.78. The van der Waals surface area contributed by atoms with Crippen molar-refractivity contribution in [3.8, 4) is 11.5 Å². The van der Waals surface area contributed by atoms with Crippen LogP contribution in [0.25, 0.3) is 0 Å². The molecule has 0 amide bonds. The second-order valence-corrected chi connectivity index (χ2v) is 5.77. The average molecular weight is 314 g/mol. The first-order chi connectivity index (χ1) is 11.4. The Hall–Kier alpha value is -1.91. The molecule has 1 saturated heterocycles. The zero-order chi connectivity index (χ0) is 15.9. The number of benzene rings is 2. The minimum absolute atomic E-state index is 0.112. The average Bonchev–Trinajstić information content (AvgIpc) is 2.61. The Morgan fingerprint density at radius 2 is 1.74 bits per heavy atom. The van der Waals surface area contributed by atoms with Crippen LogP contribution in [0.15, 0.2) is 54.6 Å². The van der Waals surface area contributed by atoms with Crippen molar-refractivity contribution in [3.05, 3.63) is 60.2 Å². The van der Waals surface area contributed by atoms with Crippen molar-refractivity contribution in [1.29, 1.82) is 0 Å². The molecule has 3 nitrogen and oxygen atoms in total. The number of rotatable bonds is 6. The molecule has 1 fully saturated rings. The lowest BCUT2D eigenvalue weighted by Gasteiger charge is -2.35. The molecular formula is C19H23FN2O. The number of halogens is 1. The molecule has 1 atom stereocenters. The Kier molecular flexibility index (Phi) is 5.61. The zero-order valence-corrected chi connectivity index (χ0v) is 13.2. The van der Waals surface area contributed by atoms with Crippen LogP contribution in [0.3, 0.4) is 0 Å². The van der Waals surface area contributed by atoms with Crippen LogP contribution >= 0.6 is 0 Å². The Bertz CT molecular complexity index is 599. The van der Waals surface area contributed by atoms with E-state index in [0.29, 0.717) is 6.42 Å². The van der Waals surface area contributed by atoms with E-state index in [1.165, 1.54) is 0 Å². The Morgan fingerprint density at radius 3 is 2.48 bits per heavy atom. The molecule has 3 rings (SSSR count). The summed E-state index contributed by atoms with van der Waals surface area (Å²) >= 11 is 0. The van der Waals surface area contributed by atoms with E-state index >= 15 is 0 Å². The maximum absolute atomic E-state index is 13.1. The van der Waals surface area contributed by atoms with Gasteiger partial charge in [-0.2, -0.15) is 0 Å². The molecule has 0 aliphatic carbocycles. The molecule has 122 valence electrons. The van der Waals surface area contributed by atoms with Crippen LogP contribution in [0, 0.1) is 0 Å². The summed E-state index contributed by atoms with van der Waals surface area (Å²) in [4.78, 5) is 2.36. The standard InChI is InChI=1S/C19H23FN2O/c20-10-9-19(22-13-11-21-12-14-22)16-5-4-8-18(15-16)23-17-6-2-1-3-7-17/h1-8,15,19,21H,9-14H2/t19-/m1/s1. The predicted octanol–water partition coefficient (Wildman–Crippen LogP) is 3.78. The third-order valence-corrected chi connectivity index (χ3v) is 4.20. The first-order valence-electron chi connectivity index (χ1n) is 8.20. The quantitative estimate of drug-likeness (QED) is 0.878. The van der Waals surface area contributed by atoms with E-state index in [2.05, 4.69) is 16.3 Å². The van der Waals surface area contributed by atoms with Crippen LogP contribution < -0.4 is 10.1 Å². The maximum Gasteiger partial charge on any atom is 0.127 e. The van der Waals surface area contributed by atoms with Crippen LogP contribution in [-0.2, 0) is 0 Å². The second-order valence-electron chi connectivity index (χ2n) is 5.77. The van der Waals surface area contributed by atoms with Gasteiger partial charge in [0, 0.05) is 32.2 Å². The van der Waals surface area contributed by atoms with Crippen molar-refractivity contribution in [1.82, 2.24) is 10.2 Å². The maximum atomic E-state index is 13.1. The summed E-state index contributed by atoms with van der Waals surface area (Å²) in [7, 11) is 0. The Morgan fingerprint density at radius 1 is 1.00 bits per heavy atom. The van der Waals surface area contributed by atoms with E-state index in [9.17, 15) is 4.39 Å². The number of ether oxygens (including phenoxy) is 1. The van der Waals surface area contributed by atoms with Gasteiger partial charge in [-0.05, 0) is 36.2 Å². The minimum atomic E-state index is -0.307. The molecule has 0 unspecified atom stereocenters. The van der Waals surface area contributed by atoms with Gasteiger partial charge in [0.2, 0.25) is 0 Å². The molecular weight excluding hydrogens is 291 g/mol. The monoisotopic (exact) mass is 314 g/mol. The highest BCUT2D eigenvalue weighted by atomic mass is 19.1. The lowest BCUT2D eigenvalue weighted by atomic mass is 10.0. The fraction of sp³-hybridized carbons (Fsp3) is 0.368. The number of nitrogens with zero attached hydrogens (tertiary/aromatic N) is 1. The zero-order valence-electron chi connectivity index (χ0n) is 13.2. The number of para-hydroxylation sites is 1. The number of piperazine rings is 1. The van der Waals surface area contributed by atoms with Gasteiger partial charge in [0.25, 0.3) is 0 Å². The molecule has 2 aromatic rings. The van der Waals surface area contributed by atoms with Gasteiger partial charge < -0.3 is 10.1 Å². The van der Waals surface area contributed by atoms with Gasteiger partial charge in [-0.1, -0.05) is 30.3 Å². The van der Waals surface area contributed by atoms with Gasteiger partial charge in [0.1, 0.15) is 11.5 Å². The molecule has 0 spiro atoms. The molecule has 1 aliphatic rings. The predicted molar refractivity (Wildman–Crippen MR) is 90.7 cm³/mol. The lowest BCUT2D eigenvalue weighted by molar-refractivity contribution is 0.157. The van der Waals surface area contributed by atoms with Crippen LogP contribution in [0.4, 0.5) is 4.39 Å². The summed E-state index contributed by atoms with van der Waals surface area (Å²) < 4.78 is 19.0. The second kappa shape index (κ2) is 8.09.